The Labute approximate surface area is 174 Å². The standard InChI is InChI=1S/C21H22FN3O4S/c22-16-6-8-17(9-7-16)23-12-14-24(15-13-23)21(27)19-10-11-20(26)25(19)30(28,29)18-4-2-1-3-5-18/h1-9,19H,10-15H2. The third kappa shape index (κ3) is 3.77. The molecule has 4 rings (SSSR count). The van der Waals surface area contributed by atoms with Crippen LogP contribution in [0.3, 0.4) is 0 Å². The van der Waals surface area contributed by atoms with Crippen molar-refractivity contribution in [3.05, 3.63) is 60.4 Å². The van der Waals surface area contributed by atoms with Gasteiger partial charge < -0.3 is 9.80 Å². The number of hydrogen-bond donors (Lipinski definition) is 0. The van der Waals surface area contributed by atoms with E-state index in [1.54, 1.807) is 35.2 Å². The zero-order valence-corrected chi connectivity index (χ0v) is 17.1. The van der Waals surface area contributed by atoms with Gasteiger partial charge in [0, 0.05) is 38.3 Å². The van der Waals surface area contributed by atoms with Crippen LogP contribution in [0.1, 0.15) is 12.8 Å². The van der Waals surface area contributed by atoms with Crippen molar-refractivity contribution in [2.45, 2.75) is 23.8 Å². The lowest BCUT2D eigenvalue weighted by Gasteiger charge is -2.38. The molecule has 1 unspecified atom stereocenters. The fraction of sp³-hybridized carbons (Fsp3) is 0.333. The molecule has 0 bridgehead atoms. The first-order chi connectivity index (χ1) is 14.4. The summed E-state index contributed by atoms with van der Waals surface area (Å²) < 4.78 is 39.9. The van der Waals surface area contributed by atoms with Crippen molar-refractivity contribution in [3.8, 4) is 0 Å². The molecule has 0 radical (unpaired) electrons. The number of carbonyl (C=O) groups is 2. The number of carbonyl (C=O) groups excluding carboxylic acids is 2. The summed E-state index contributed by atoms with van der Waals surface area (Å²) in [7, 11) is -4.09. The fourth-order valence-corrected chi connectivity index (χ4v) is 5.56. The van der Waals surface area contributed by atoms with Gasteiger partial charge in [-0.1, -0.05) is 18.2 Å². The molecule has 0 saturated carbocycles. The average molecular weight is 431 g/mol. The highest BCUT2D eigenvalue weighted by atomic mass is 32.2. The van der Waals surface area contributed by atoms with E-state index in [1.165, 1.54) is 24.3 Å². The first-order valence-electron chi connectivity index (χ1n) is 9.79. The summed E-state index contributed by atoms with van der Waals surface area (Å²) in [5.41, 5.74) is 0.868. The number of piperazine rings is 1. The number of sulfonamides is 1. The van der Waals surface area contributed by atoms with Crippen LogP contribution in [0.15, 0.2) is 59.5 Å². The van der Waals surface area contributed by atoms with Crippen molar-refractivity contribution in [3.63, 3.8) is 0 Å². The molecule has 0 spiro atoms. The molecule has 2 aromatic carbocycles. The van der Waals surface area contributed by atoms with Gasteiger partial charge in [0.15, 0.2) is 0 Å². The van der Waals surface area contributed by atoms with E-state index < -0.39 is 22.0 Å². The van der Waals surface area contributed by atoms with E-state index >= 15 is 0 Å². The molecule has 2 aliphatic rings. The van der Waals surface area contributed by atoms with Crippen LogP contribution >= 0.6 is 0 Å². The highest BCUT2D eigenvalue weighted by Crippen LogP contribution is 2.29. The molecule has 158 valence electrons. The molecule has 2 aromatic rings. The molecule has 2 amide bonds. The third-order valence-corrected chi connectivity index (χ3v) is 7.37. The van der Waals surface area contributed by atoms with Gasteiger partial charge in [-0.05, 0) is 42.8 Å². The zero-order chi connectivity index (χ0) is 21.3. The summed E-state index contributed by atoms with van der Waals surface area (Å²) in [6.07, 6.45) is 0.208. The van der Waals surface area contributed by atoms with Crippen LogP contribution in [0.2, 0.25) is 0 Å². The molecule has 30 heavy (non-hydrogen) atoms. The van der Waals surface area contributed by atoms with Gasteiger partial charge in [0.25, 0.3) is 10.0 Å². The minimum absolute atomic E-state index is 0.000760. The van der Waals surface area contributed by atoms with Crippen molar-refractivity contribution in [1.82, 2.24) is 9.21 Å². The summed E-state index contributed by atoms with van der Waals surface area (Å²) in [5, 5.41) is 0. The van der Waals surface area contributed by atoms with Gasteiger partial charge in [0.05, 0.1) is 4.90 Å². The second-order valence-electron chi connectivity index (χ2n) is 7.35. The van der Waals surface area contributed by atoms with Gasteiger partial charge in [0.1, 0.15) is 11.9 Å². The van der Waals surface area contributed by atoms with E-state index in [-0.39, 0.29) is 29.5 Å². The lowest BCUT2D eigenvalue weighted by molar-refractivity contribution is -0.138. The second kappa shape index (κ2) is 8.06. The Balaban J connectivity index is 1.48. The average Bonchev–Trinajstić information content (AvgIpc) is 3.17. The third-order valence-electron chi connectivity index (χ3n) is 5.53. The summed E-state index contributed by atoms with van der Waals surface area (Å²) in [5.74, 6) is -1.21. The Morgan fingerprint density at radius 1 is 0.933 bits per heavy atom. The van der Waals surface area contributed by atoms with Crippen LogP contribution in [-0.4, -0.2) is 61.7 Å². The maximum Gasteiger partial charge on any atom is 0.267 e. The largest absolute Gasteiger partial charge is 0.368 e. The van der Waals surface area contributed by atoms with Gasteiger partial charge in [0.2, 0.25) is 11.8 Å². The summed E-state index contributed by atoms with van der Waals surface area (Å²) in [6, 6.07) is 12.8. The van der Waals surface area contributed by atoms with E-state index in [2.05, 4.69) is 0 Å². The number of benzene rings is 2. The summed E-state index contributed by atoms with van der Waals surface area (Å²) in [4.78, 5) is 29.2. The Morgan fingerprint density at radius 3 is 2.20 bits per heavy atom. The van der Waals surface area contributed by atoms with Crippen LogP contribution < -0.4 is 4.90 Å². The fourth-order valence-electron chi connectivity index (χ4n) is 3.94. The second-order valence-corrected chi connectivity index (χ2v) is 9.17. The highest BCUT2D eigenvalue weighted by molar-refractivity contribution is 7.89. The molecule has 0 aliphatic carbocycles. The van der Waals surface area contributed by atoms with Gasteiger partial charge in [-0.25, -0.2) is 17.1 Å². The van der Waals surface area contributed by atoms with Crippen molar-refractivity contribution in [2.24, 2.45) is 0 Å². The molecule has 2 fully saturated rings. The summed E-state index contributed by atoms with van der Waals surface area (Å²) in [6.45, 7) is 1.90. The van der Waals surface area contributed by atoms with Gasteiger partial charge in [-0.2, -0.15) is 0 Å². The van der Waals surface area contributed by atoms with Crippen molar-refractivity contribution in [1.29, 1.82) is 0 Å². The van der Waals surface area contributed by atoms with Crippen LogP contribution in [0, 0.1) is 5.82 Å². The van der Waals surface area contributed by atoms with E-state index in [9.17, 15) is 22.4 Å². The van der Waals surface area contributed by atoms with Crippen LogP contribution in [-0.2, 0) is 19.6 Å². The minimum Gasteiger partial charge on any atom is -0.368 e. The quantitative estimate of drug-likeness (QED) is 0.739. The molecule has 1 atom stereocenters. The SMILES string of the molecule is O=C(C1CCC(=O)N1S(=O)(=O)c1ccccc1)N1CCN(c2ccc(F)cc2)CC1. The number of nitrogens with zero attached hydrogens (tertiary/aromatic N) is 3. The molecule has 0 aromatic heterocycles. The monoisotopic (exact) mass is 431 g/mol. The zero-order valence-electron chi connectivity index (χ0n) is 16.3. The maximum absolute atomic E-state index is 13.1. The summed E-state index contributed by atoms with van der Waals surface area (Å²) >= 11 is 0. The molecule has 9 heteroatoms. The Kier molecular flexibility index (Phi) is 5.46. The molecule has 0 N–H and O–H groups in total. The molecular weight excluding hydrogens is 409 g/mol. The first kappa shape index (κ1) is 20.3. The van der Waals surface area contributed by atoms with E-state index in [1.807, 2.05) is 4.90 Å². The first-order valence-corrected chi connectivity index (χ1v) is 11.2. The Bertz CT molecular complexity index is 1040. The normalized spacial score (nSPS) is 20.0. The molecular formula is C21H22FN3O4S. The van der Waals surface area contributed by atoms with Crippen LogP contribution in [0.5, 0.6) is 0 Å². The van der Waals surface area contributed by atoms with E-state index in [4.69, 9.17) is 0 Å². The predicted octanol–water partition coefficient (Wildman–Crippen LogP) is 1.85. The van der Waals surface area contributed by atoms with E-state index in [0.717, 1.165) is 9.99 Å². The number of amides is 2. The van der Waals surface area contributed by atoms with Crippen LogP contribution in [0.25, 0.3) is 0 Å². The molecule has 2 aliphatic heterocycles. The van der Waals surface area contributed by atoms with Crippen molar-refractivity contribution in [2.75, 3.05) is 31.1 Å². The van der Waals surface area contributed by atoms with Crippen molar-refractivity contribution < 1.29 is 22.4 Å². The minimum atomic E-state index is -4.09. The predicted molar refractivity (Wildman–Crippen MR) is 109 cm³/mol. The molecule has 7 nitrogen and oxygen atoms in total. The number of halogens is 1. The molecule has 2 saturated heterocycles. The number of anilines is 1. The molecule has 2 heterocycles. The number of rotatable bonds is 4. The number of hydrogen-bond acceptors (Lipinski definition) is 5. The smallest absolute Gasteiger partial charge is 0.267 e. The van der Waals surface area contributed by atoms with Gasteiger partial charge in [-0.3, -0.25) is 9.59 Å². The van der Waals surface area contributed by atoms with Gasteiger partial charge in [-0.15, -0.1) is 0 Å². The Hall–Kier alpha value is -2.94. The van der Waals surface area contributed by atoms with Crippen molar-refractivity contribution >= 4 is 27.5 Å². The van der Waals surface area contributed by atoms with E-state index in [0.29, 0.717) is 26.2 Å². The lowest BCUT2D eigenvalue weighted by atomic mass is 10.1. The topological polar surface area (TPSA) is 78.0 Å². The Morgan fingerprint density at radius 2 is 1.57 bits per heavy atom. The van der Waals surface area contributed by atoms with Gasteiger partial charge >= 0.3 is 0 Å². The highest BCUT2D eigenvalue weighted by Gasteiger charge is 2.45. The van der Waals surface area contributed by atoms with Crippen LogP contribution in [0.4, 0.5) is 10.1 Å². The maximum atomic E-state index is 13.1. The lowest BCUT2D eigenvalue weighted by Crippen LogP contribution is -2.55.